The molecule has 0 aromatic carbocycles. The molecule has 5 rings (SSSR count). The van der Waals surface area contributed by atoms with Gasteiger partial charge in [0.25, 0.3) is 0 Å². The minimum Gasteiger partial charge on any atom is -0.379 e. The fourth-order valence-electron chi connectivity index (χ4n) is 4.38. The number of morpholine rings is 1. The summed E-state index contributed by atoms with van der Waals surface area (Å²) in [4.78, 5) is 9.95. The summed E-state index contributed by atoms with van der Waals surface area (Å²) in [6.45, 7) is 8.01. The van der Waals surface area contributed by atoms with Crippen LogP contribution in [0.15, 0.2) is 11.6 Å². The van der Waals surface area contributed by atoms with Gasteiger partial charge in [-0.15, -0.1) is 11.3 Å². The van der Waals surface area contributed by atoms with Crippen LogP contribution in [0.2, 0.25) is 0 Å². The first-order chi connectivity index (χ1) is 13.3. The minimum atomic E-state index is 0.554. The van der Waals surface area contributed by atoms with Crippen molar-refractivity contribution in [2.75, 3.05) is 39.4 Å². The summed E-state index contributed by atoms with van der Waals surface area (Å²) < 4.78 is 5.48. The molecule has 7 heteroatoms. The molecule has 1 atom stereocenters. The molecule has 0 bridgehead atoms. The lowest BCUT2D eigenvalue weighted by atomic mass is 9.92. The molecule has 4 heterocycles. The Labute approximate surface area is 164 Å². The second kappa shape index (κ2) is 7.99. The number of H-pyrrole nitrogens is 1. The van der Waals surface area contributed by atoms with Gasteiger partial charge < -0.3 is 4.74 Å². The fraction of sp³-hybridized carbons (Fsp3) is 0.700. The third-order valence-corrected chi connectivity index (χ3v) is 7.10. The number of thiazole rings is 1. The Balaban J connectivity index is 1.22. The monoisotopic (exact) mass is 387 g/mol. The van der Waals surface area contributed by atoms with Crippen molar-refractivity contribution in [3.63, 3.8) is 0 Å². The number of nitrogens with zero attached hydrogens (tertiary/aromatic N) is 4. The molecule has 0 unspecified atom stereocenters. The van der Waals surface area contributed by atoms with E-state index in [0.717, 1.165) is 51.9 Å². The van der Waals surface area contributed by atoms with Crippen LogP contribution in [0.5, 0.6) is 0 Å². The number of hydrogen-bond donors (Lipinski definition) is 1. The normalized spacial score (nSPS) is 25.1. The predicted molar refractivity (Wildman–Crippen MR) is 106 cm³/mol. The average Bonchev–Trinajstić information content (AvgIpc) is 3.27. The van der Waals surface area contributed by atoms with Crippen molar-refractivity contribution in [1.29, 1.82) is 0 Å². The first kappa shape index (κ1) is 17.8. The molecule has 0 radical (unpaired) electrons. The predicted octanol–water partition coefficient (Wildman–Crippen LogP) is 2.96. The Morgan fingerprint density at radius 2 is 1.96 bits per heavy atom. The lowest BCUT2D eigenvalue weighted by Gasteiger charge is -2.33. The number of ether oxygens (including phenoxy) is 1. The van der Waals surface area contributed by atoms with Crippen LogP contribution in [0.25, 0.3) is 0 Å². The summed E-state index contributed by atoms with van der Waals surface area (Å²) in [5.74, 6) is 1.32. The van der Waals surface area contributed by atoms with Gasteiger partial charge in [0.05, 0.1) is 30.1 Å². The third-order valence-electron chi connectivity index (χ3n) is 6.04. The van der Waals surface area contributed by atoms with Crippen molar-refractivity contribution in [2.24, 2.45) is 0 Å². The number of aromatic amines is 1. The maximum absolute atomic E-state index is 5.48. The van der Waals surface area contributed by atoms with Crippen LogP contribution in [0, 0.1) is 0 Å². The van der Waals surface area contributed by atoms with E-state index >= 15 is 0 Å². The number of rotatable bonds is 6. The van der Waals surface area contributed by atoms with Crippen molar-refractivity contribution >= 4 is 11.3 Å². The van der Waals surface area contributed by atoms with Crippen molar-refractivity contribution in [3.05, 3.63) is 33.5 Å². The standard InChI is InChI=1S/C20H29N5OS/c1-2-16(19-17(10-21-23-19)12-24-6-8-26-9-7-24)11-25(5-1)13-18-14-27-20(22-18)15-3-4-15/h10,14-16H,1-9,11-13H2,(H,21,23)/t16-/m0/s1. The van der Waals surface area contributed by atoms with Crippen LogP contribution in [0.3, 0.4) is 0 Å². The number of nitrogens with one attached hydrogen (secondary N) is 1. The zero-order valence-electron chi connectivity index (χ0n) is 15.9. The lowest BCUT2D eigenvalue weighted by molar-refractivity contribution is 0.0339. The second-order valence-electron chi connectivity index (χ2n) is 8.22. The van der Waals surface area contributed by atoms with E-state index in [-0.39, 0.29) is 0 Å². The van der Waals surface area contributed by atoms with Crippen LogP contribution in [-0.4, -0.2) is 64.4 Å². The lowest BCUT2D eigenvalue weighted by Crippen LogP contribution is -2.37. The molecule has 2 aromatic rings. The molecule has 2 aromatic heterocycles. The van der Waals surface area contributed by atoms with E-state index < -0.39 is 0 Å². The van der Waals surface area contributed by atoms with Gasteiger partial charge in [-0.05, 0) is 32.2 Å². The molecule has 1 N–H and O–H groups in total. The minimum absolute atomic E-state index is 0.554. The van der Waals surface area contributed by atoms with Gasteiger partial charge in [-0.2, -0.15) is 5.10 Å². The summed E-state index contributed by atoms with van der Waals surface area (Å²) in [6.07, 6.45) is 7.21. The van der Waals surface area contributed by atoms with Crippen LogP contribution < -0.4 is 0 Å². The number of aromatic nitrogens is 3. The topological polar surface area (TPSA) is 57.3 Å². The molecule has 146 valence electrons. The molecule has 3 fully saturated rings. The summed E-state index contributed by atoms with van der Waals surface area (Å²) in [5, 5.41) is 11.4. The molecular weight excluding hydrogens is 358 g/mol. The highest BCUT2D eigenvalue weighted by Crippen LogP contribution is 2.41. The zero-order valence-corrected chi connectivity index (χ0v) is 16.7. The van der Waals surface area contributed by atoms with E-state index in [2.05, 4.69) is 25.4 Å². The largest absolute Gasteiger partial charge is 0.379 e. The molecule has 0 amide bonds. The first-order valence-corrected chi connectivity index (χ1v) is 11.2. The summed E-state index contributed by atoms with van der Waals surface area (Å²) in [7, 11) is 0. The Morgan fingerprint density at radius 3 is 2.81 bits per heavy atom. The highest BCUT2D eigenvalue weighted by molar-refractivity contribution is 7.09. The Morgan fingerprint density at radius 1 is 1.07 bits per heavy atom. The third kappa shape index (κ3) is 4.26. The Hall–Kier alpha value is -1.28. The van der Waals surface area contributed by atoms with Crippen LogP contribution in [-0.2, 0) is 17.8 Å². The van der Waals surface area contributed by atoms with Gasteiger partial charge in [0.15, 0.2) is 0 Å². The number of hydrogen-bond acceptors (Lipinski definition) is 6. The fourth-order valence-corrected chi connectivity index (χ4v) is 5.36. The van der Waals surface area contributed by atoms with Gasteiger partial charge in [-0.25, -0.2) is 4.98 Å². The van der Waals surface area contributed by atoms with Gasteiger partial charge in [-0.3, -0.25) is 14.9 Å². The quantitative estimate of drug-likeness (QED) is 0.826. The van der Waals surface area contributed by atoms with Crippen molar-refractivity contribution in [2.45, 2.75) is 50.6 Å². The molecule has 1 saturated carbocycles. The smallest absolute Gasteiger partial charge is 0.0959 e. The van der Waals surface area contributed by atoms with E-state index in [0.29, 0.717) is 5.92 Å². The molecule has 0 spiro atoms. The van der Waals surface area contributed by atoms with Gasteiger partial charge in [0.2, 0.25) is 0 Å². The van der Waals surface area contributed by atoms with E-state index in [9.17, 15) is 0 Å². The molecule has 2 saturated heterocycles. The highest BCUT2D eigenvalue weighted by atomic mass is 32.1. The van der Waals surface area contributed by atoms with E-state index in [1.807, 2.05) is 17.5 Å². The van der Waals surface area contributed by atoms with Gasteiger partial charge in [0.1, 0.15) is 0 Å². The molecule has 3 aliphatic rings. The zero-order chi connectivity index (χ0) is 18.1. The molecular formula is C20H29N5OS. The molecule has 27 heavy (non-hydrogen) atoms. The van der Waals surface area contributed by atoms with Crippen LogP contribution >= 0.6 is 11.3 Å². The second-order valence-corrected chi connectivity index (χ2v) is 9.11. The van der Waals surface area contributed by atoms with E-state index in [4.69, 9.17) is 9.72 Å². The SMILES string of the molecule is c1sc(C2CC2)nc1CN1CCC[C@H](c2[nH]ncc2CN2CCOCC2)C1. The van der Waals surface area contributed by atoms with Crippen LogP contribution in [0.1, 0.15) is 59.5 Å². The maximum Gasteiger partial charge on any atom is 0.0959 e. The first-order valence-electron chi connectivity index (χ1n) is 10.3. The van der Waals surface area contributed by atoms with Crippen molar-refractivity contribution in [1.82, 2.24) is 25.0 Å². The van der Waals surface area contributed by atoms with E-state index in [1.54, 1.807) is 0 Å². The average molecular weight is 388 g/mol. The number of likely N-dealkylation sites (tertiary alicyclic amines) is 1. The summed E-state index contributed by atoms with van der Waals surface area (Å²) in [5.41, 5.74) is 3.98. The molecule has 6 nitrogen and oxygen atoms in total. The molecule has 2 aliphatic heterocycles. The molecule has 1 aliphatic carbocycles. The van der Waals surface area contributed by atoms with Gasteiger partial charge >= 0.3 is 0 Å². The van der Waals surface area contributed by atoms with Crippen LogP contribution in [0.4, 0.5) is 0 Å². The summed E-state index contributed by atoms with van der Waals surface area (Å²) >= 11 is 1.86. The summed E-state index contributed by atoms with van der Waals surface area (Å²) in [6, 6.07) is 0. The Kier molecular flexibility index (Phi) is 5.27. The maximum atomic E-state index is 5.48. The van der Waals surface area contributed by atoms with Crippen molar-refractivity contribution < 1.29 is 4.74 Å². The number of piperidine rings is 1. The van der Waals surface area contributed by atoms with Gasteiger partial charge in [-0.1, -0.05) is 0 Å². The van der Waals surface area contributed by atoms with Gasteiger partial charge in [0, 0.05) is 61.2 Å². The van der Waals surface area contributed by atoms with Crippen molar-refractivity contribution in [3.8, 4) is 0 Å². The highest BCUT2D eigenvalue weighted by Gasteiger charge is 2.28. The Bertz CT molecular complexity index is 749. The van der Waals surface area contributed by atoms with E-state index in [1.165, 1.54) is 54.2 Å².